The van der Waals surface area contributed by atoms with Gasteiger partial charge in [-0.05, 0) is 46.9 Å². The molecule has 0 aliphatic rings. The van der Waals surface area contributed by atoms with Crippen molar-refractivity contribution >= 4 is 38.9 Å². The van der Waals surface area contributed by atoms with Crippen molar-refractivity contribution in [3.63, 3.8) is 0 Å². The van der Waals surface area contributed by atoms with Gasteiger partial charge in [0.2, 0.25) is 11.5 Å². The van der Waals surface area contributed by atoms with Crippen molar-refractivity contribution in [2.45, 2.75) is 33.0 Å². The predicted octanol–water partition coefficient (Wildman–Crippen LogP) is 8.80. The largest absolute Gasteiger partial charge is 0.487 e. The summed E-state index contributed by atoms with van der Waals surface area (Å²) in [6, 6.07) is 33.2. The van der Waals surface area contributed by atoms with Gasteiger partial charge >= 0.3 is 0 Å². The van der Waals surface area contributed by atoms with Crippen LogP contribution in [-0.4, -0.2) is 24.3 Å². The first-order chi connectivity index (χ1) is 22.1. The molecule has 0 N–H and O–H groups in total. The second-order valence-electron chi connectivity index (χ2n) is 11.3. The SMILES string of the molecule is CC(C)(C)c1ccc(-c2[c-]ccc3c2oc2c3cnc3nc4ccccc4n32)nc1.[2H]C([2H])([2H])c1ccc(-c2[c-]cccc2)nc1.[Ir]. The number of rotatable bonds is 2. The quantitative estimate of drug-likeness (QED) is 0.165. The number of fused-ring (bicyclic) bond motifs is 7. The fourth-order valence-electron chi connectivity index (χ4n) is 5.06. The van der Waals surface area contributed by atoms with Crippen LogP contribution in [0, 0.1) is 19.0 Å². The normalized spacial score (nSPS) is 12.8. The van der Waals surface area contributed by atoms with Crippen LogP contribution in [0.2, 0.25) is 0 Å². The van der Waals surface area contributed by atoms with Crippen molar-refractivity contribution in [2.75, 3.05) is 0 Å². The van der Waals surface area contributed by atoms with Crippen LogP contribution in [0.1, 0.15) is 36.0 Å². The average molecular weight is 755 g/mol. The van der Waals surface area contributed by atoms with Gasteiger partial charge in [0, 0.05) is 48.2 Å². The molecule has 219 valence electrons. The molecule has 0 unspecified atom stereocenters. The zero-order valence-electron chi connectivity index (χ0n) is 27.3. The molecular formula is C37H29IrN5O-2. The molecule has 0 aliphatic heterocycles. The molecule has 0 saturated heterocycles. The van der Waals surface area contributed by atoms with Crippen LogP contribution in [0.4, 0.5) is 0 Å². The molecule has 0 aliphatic carbocycles. The van der Waals surface area contributed by atoms with Gasteiger partial charge in [0.05, 0.1) is 16.6 Å². The van der Waals surface area contributed by atoms with Crippen LogP contribution in [0.15, 0.2) is 108 Å². The van der Waals surface area contributed by atoms with Gasteiger partial charge < -0.3 is 14.4 Å². The number of hydrogen-bond acceptors (Lipinski definition) is 5. The molecule has 3 aromatic carbocycles. The number of imidazole rings is 1. The Bertz CT molecular complexity index is 2320. The van der Waals surface area contributed by atoms with Crippen molar-refractivity contribution in [3.8, 4) is 22.5 Å². The van der Waals surface area contributed by atoms with E-state index in [1.807, 2.05) is 77.5 Å². The summed E-state index contributed by atoms with van der Waals surface area (Å²) in [6.07, 6.45) is 5.17. The van der Waals surface area contributed by atoms with Crippen molar-refractivity contribution in [2.24, 2.45) is 0 Å². The third kappa shape index (κ3) is 5.41. The van der Waals surface area contributed by atoms with Gasteiger partial charge in [-0.2, -0.15) is 0 Å². The molecule has 0 fully saturated rings. The summed E-state index contributed by atoms with van der Waals surface area (Å²) in [6.45, 7) is 4.46. The number of nitrogens with zero attached hydrogens (tertiary/aromatic N) is 5. The third-order valence-corrected chi connectivity index (χ3v) is 7.36. The third-order valence-electron chi connectivity index (χ3n) is 7.36. The number of hydrogen-bond donors (Lipinski definition) is 0. The molecule has 1 radical (unpaired) electrons. The Morgan fingerprint density at radius 3 is 2.32 bits per heavy atom. The van der Waals surface area contributed by atoms with E-state index < -0.39 is 6.85 Å². The summed E-state index contributed by atoms with van der Waals surface area (Å²) in [5, 5.41) is 1.94. The smallest absolute Gasteiger partial charge is 0.237 e. The van der Waals surface area contributed by atoms with Crippen LogP contribution in [0.25, 0.3) is 61.4 Å². The first kappa shape index (κ1) is 25.8. The van der Waals surface area contributed by atoms with Crippen molar-refractivity contribution in [1.82, 2.24) is 24.3 Å². The Morgan fingerprint density at radius 2 is 1.59 bits per heavy atom. The van der Waals surface area contributed by atoms with E-state index in [0.29, 0.717) is 5.78 Å². The van der Waals surface area contributed by atoms with Gasteiger partial charge in [-0.3, -0.25) is 0 Å². The zero-order chi connectivity index (χ0) is 32.1. The minimum absolute atomic E-state index is 0. The molecule has 44 heavy (non-hydrogen) atoms. The van der Waals surface area contributed by atoms with Gasteiger partial charge in [-0.1, -0.05) is 68.1 Å². The fourth-order valence-corrected chi connectivity index (χ4v) is 5.06. The van der Waals surface area contributed by atoms with Gasteiger partial charge in [-0.15, -0.1) is 54.1 Å². The minimum Gasteiger partial charge on any atom is -0.487 e. The summed E-state index contributed by atoms with van der Waals surface area (Å²) in [5.41, 5.74) is 8.15. The van der Waals surface area contributed by atoms with E-state index in [0.717, 1.165) is 55.6 Å². The van der Waals surface area contributed by atoms with Crippen LogP contribution < -0.4 is 0 Å². The Kier molecular flexibility index (Phi) is 6.88. The molecule has 0 spiro atoms. The molecule has 6 nitrogen and oxygen atoms in total. The second-order valence-corrected chi connectivity index (χ2v) is 11.3. The first-order valence-electron chi connectivity index (χ1n) is 15.5. The first-order valence-corrected chi connectivity index (χ1v) is 14.0. The predicted molar refractivity (Wildman–Crippen MR) is 172 cm³/mol. The molecular weight excluding hydrogens is 723 g/mol. The Balaban J connectivity index is 0.000000194. The van der Waals surface area contributed by atoms with Crippen LogP contribution in [0.3, 0.4) is 0 Å². The Hall–Kier alpha value is -4.71. The maximum absolute atomic E-state index is 7.23. The van der Waals surface area contributed by atoms with Gasteiger partial charge in [-0.25, -0.2) is 14.4 Å². The average Bonchev–Trinajstić information content (AvgIpc) is 3.63. The minimum atomic E-state index is -2.09. The van der Waals surface area contributed by atoms with E-state index in [1.54, 1.807) is 18.2 Å². The van der Waals surface area contributed by atoms with Gasteiger partial charge in [0.1, 0.15) is 0 Å². The fraction of sp³-hybridized carbons (Fsp3) is 0.135. The Morgan fingerprint density at radius 1 is 0.773 bits per heavy atom. The summed E-state index contributed by atoms with van der Waals surface area (Å²) < 4.78 is 30.1. The number of aryl methyl sites for hydroxylation is 1. The van der Waals surface area contributed by atoms with Crippen molar-refractivity contribution in [1.29, 1.82) is 0 Å². The molecule has 8 rings (SSSR count). The van der Waals surface area contributed by atoms with E-state index in [-0.39, 0.29) is 31.1 Å². The topological polar surface area (TPSA) is 69.1 Å². The number of aromatic nitrogens is 5. The van der Waals surface area contributed by atoms with Crippen molar-refractivity contribution in [3.05, 3.63) is 127 Å². The number of para-hydroxylation sites is 2. The molecule has 5 heterocycles. The zero-order valence-corrected chi connectivity index (χ0v) is 26.7. The summed E-state index contributed by atoms with van der Waals surface area (Å²) in [4.78, 5) is 18.0. The maximum Gasteiger partial charge on any atom is 0.237 e. The molecule has 0 saturated carbocycles. The van der Waals surface area contributed by atoms with E-state index in [1.165, 1.54) is 11.8 Å². The van der Waals surface area contributed by atoms with Crippen LogP contribution in [0.5, 0.6) is 0 Å². The molecule has 0 atom stereocenters. The second kappa shape index (κ2) is 11.8. The van der Waals surface area contributed by atoms with Crippen LogP contribution in [-0.2, 0) is 25.5 Å². The molecule has 7 heteroatoms. The number of furan rings is 1. The number of pyridine rings is 2. The Labute approximate surface area is 273 Å². The molecule has 0 amide bonds. The molecule has 0 bridgehead atoms. The monoisotopic (exact) mass is 755 g/mol. The van der Waals surface area contributed by atoms with E-state index in [9.17, 15) is 0 Å². The van der Waals surface area contributed by atoms with Crippen LogP contribution >= 0.6 is 0 Å². The van der Waals surface area contributed by atoms with E-state index >= 15 is 0 Å². The summed E-state index contributed by atoms with van der Waals surface area (Å²) in [5.74, 6) is 0.626. The van der Waals surface area contributed by atoms with E-state index in [2.05, 4.69) is 53.9 Å². The molecule has 8 aromatic rings. The summed E-state index contributed by atoms with van der Waals surface area (Å²) in [7, 11) is 0. The van der Waals surface area contributed by atoms with Gasteiger partial charge in [0.25, 0.3) is 0 Å². The van der Waals surface area contributed by atoms with Gasteiger partial charge in [0.15, 0.2) is 0 Å². The summed E-state index contributed by atoms with van der Waals surface area (Å²) >= 11 is 0. The maximum atomic E-state index is 7.23. The number of benzene rings is 3. The molecule has 5 aromatic heterocycles. The van der Waals surface area contributed by atoms with E-state index in [4.69, 9.17) is 13.5 Å². The standard InChI is InChI=1S/C25H19N4O.C12H10N.Ir/c1-25(2,3)15-11-12-19(26-13-15)17-8-6-7-16-18-14-27-24-28-20-9-4-5-10-21(20)29(24)23(18)30-22(16)17;1-10-7-8-12(13-9-10)11-5-3-2-4-6-11;/h4-7,9-14H,1-3H3;2-5,7-9H,1H3;/q2*-1;/i;1D3;. The van der Waals surface area contributed by atoms with Crippen molar-refractivity contribution < 1.29 is 28.6 Å².